The molecule has 0 aliphatic carbocycles. The largest absolute Gasteiger partial charge is 0.332 e. The second kappa shape index (κ2) is 6.94. The number of nitrogens with zero attached hydrogens (tertiary/aromatic N) is 1. The number of rotatable bonds is 4. The van der Waals surface area contributed by atoms with E-state index in [-0.39, 0.29) is 0 Å². The summed E-state index contributed by atoms with van der Waals surface area (Å²) in [5.41, 5.74) is 4.26. The molecule has 112 valence electrons. The van der Waals surface area contributed by atoms with Crippen molar-refractivity contribution in [1.29, 1.82) is 0 Å². The quantitative estimate of drug-likeness (QED) is 0.557. The monoisotopic (exact) mass is 390 g/mol. The number of hydrogen-bond acceptors (Lipinski definition) is 3. The molecule has 0 saturated carbocycles. The number of aromatic nitrogens is 2. The number of halogens is 1. The van der Waals surface area contributed by atoms with Gasteiger partial charge in [-0.25, -0.2) is 4.98 Å². The highest BCUT2D eigenvalue weighted by Gasteiger charge is 2.13. The highest BCUT2D eigenvalue weighted by atomic mass is 79.9. The fourth-order valence-electron chi connectivity index (χ4n) is 2.27. The molecule has 0 amide bonds. The van der Waals surface area contributed by atoms with Crippen LogP contribution in [0.15, 0.2) is 63.1 Å². The molecule has 0 bridgehead atoms. The lowest BCUT2D eigenvalue weighted by atomic mass is 10.1. The Morgan fingerprint density at radius 1 is 0.818 bits per heavy atom. The fourth-order valence-corrected chi connectivity index (χ4v) is 3.46. The summed E-state index contributed by atoms with van der Waals surface area (Å²) in [6, 6.07) is 17.0. The van der Waals surface area contributed by atoms with E-state index in [4.69, 9.17) is 0 Å². The van der Waals surface area contributed by atoms with Crippen LogP contribution < -0.4 is 0 Å². The summed E-state index contributed by atoms with van der Waals surface area (Å²) in [7, 11) is 0. The smallest absolute Gasteiger partial charge is 0.175 e. The number of thioether (sulfide) groups is 2. The Morgan fingerprint density at radius 3 is 1.82 bits per heavy atom. The van der Waals surface area contributed by atoms with E-state index in [1.807, 2.05) is 0 Å². The van der Waals surface area contributed by atoms with Crippen LogP contribution >= 0.6 is 39.5 Å². The highest BCUT2D eigenvalue weighted by Crippen LogP contribution is 2.33. The first-order valence-electron chi connectivity index (χ1n) is 6.75. The van der Waals surface area contributed by atoms with E-state index in [1.165, 1.54) is 9.79 Å². The summed E-state index contributed by atoms with van der Waals surface area (Å²) in [6.45, 7) is 0. The van der Waals surface area contributed by atoms with Crippen LogP contribution in [0.3, 0.4) is 0 Å². The molecule has 1 N–H and O–H groups in total. The molecule has 0 aliphatic rings. The average Bonchev–Trinajstić information content (AvgIpc) is 2.97. The van der Waals surface area contributed by atoms with Gasteiger partial charge in [0.2, 0.25) is 0 Å². The Labute approximate surface area is 147 Å². The van der Waals surface area contributed by atoms with Crippen molar-refractivity contribution < 1.29 is 0 Å². The maximum atomic E-state index is 4.60. The predicted molar refractivity (Wildman–Crippen MR) is 101 cm³/mol. The Bertz CT molecular complexity index is 699. The molecular formula is C17H15BrN2S2. The predicted octanol–water partition coefficient (Wildman–Crippen LogP) is 5.95. The molecular weight excluding hydrogens is 376 g/mol. The zero-order valence-electron chi connectivity index (χ0n) is 12.3. The molecule has 1 aromatic heterocycles. The van der Waals surface area contributed by atoms with E-state index in [0.717, 1.165) is 27.2 Å². The van der Waals surface area contributed by atoms with Crippen LogP contribution in [0.5, 0.6) is 0 Å². The number of H-pyrrole nitrogens is 1. The second-order valence-electron chi connectivity index (χ2n) is 4.71. The van der Waals surface area contributed by atoms with Crippen LogP contribution in [0.4, 0.5) is 0 Å². The number of nitrogens with one attached hydrogen (secondary N) is 1. The van der Waals surface area contributed by atoms with E-state index < -0.39 is 0 Å². The van der Waals surface area contributed by atoms with Crippen molar-refractivity contribution in [3.63, 3.8) is 0 Å². The van der Waals surface area contributed by atoms with Gasteiger partial charge >= 0.3 is 0 Å². The van der Waals surface area contributed by atoms with Crippen LogP contribution in [-0.2, 0) is 0 Å². The first kappa shape index (κ1) is 15.7. The maximum Gasteiger partial charge on any atom is 0.175 e. The van der Waals surface area contributed by atoms with Crippen molar-refractivity contribution in [1.82, 2.24) is 9.97 Å². The van der Waals surface area contributed by atoms with Gasteiger partial charge in [0.1, 0.15) is 0 Å². The summed E-state index contributed by atoms with van der Waals surface area (Å²) in [5.74, 6) is 0. The van der Waals surface area contributed by atoms with Gasteiger partial charge in [-0.15, -0.1) is 23.5 Å². The molecule has 22 heavy (non-hydrogen) atoms. The van der Waals surface area contributed by atoms with Crippen molar-refractivity contribution in [3.05, 3.63) is 53.3 Å². The zero-order chi connectivity index (χ0) is 15.5. The molecule has 3 aromatic rings. The molecule has 0 saturated heterocycles. The molecule has 0 atom stereocenters. The van der Waals surface area contributed by atoms with Crippen LogP contribution in [-0.4, -0.2) is 22.5 Å². The third-order valence-electron chi connectivity index (χ3n) is 3.42. The van der Waals surface area contributed by atoms with E-state index >= 15 is 0 Å². The van der Waals surface area contributed by atoms with Gasteiger partial charge in [0.15, 0.2) is 4.73 Å². The number of benzene rings is 2. The van der Waals surface area contributed by atoms with Crippen molar-refractivity contribution in [3.8, 4) is 22.5 Å². The van der Waals surface area contributed by atoms with Crippen molar-refractivity contribution >= 4 is 39.5 Å². The third-order valence-corrected chi connectivity index (χ3v) is 5.28. The van der Waals surface area contributed by atoms with Crippen LogP contribution in [0, 0.1) is 0 Å². The Kier molecular flexibility index (Phi) is 4.96. The van der Waals surface area contributed by atoms with Gasteiger partial charge in [0.25, 0.3) is 0 Å². The lowest BCUT2D eigenvalue weighted by Crippen LogP contribution is -1.84. The van der Waals surface area contributed by atoms with Gasteiger partial charge in [-0.2, -0.15) is 0 Å². The first-order valence-corrected chi connectivity index (χ1v) is 10.00. The summed E-state index contributed by atoms with van der Waals surface area (Å²) < 4.78 is 0.750. The van der Waals surface area contributed by atoms with Crippen molar-refractivity contribution in [2.24, 2.45) is 0 Å². The van der Waals surface area contributed by atoms with Gasteiger partial charge in [0, 0.05) is 20.9 Å². The minimum absolute atomic E-state index is 0.750. The first-order chi connectivity index (χ1) is 10.7. The molecule has 0 unspecified atom stereocenters. The summed E-state index contributed by atoms with van der Waals surface area (Å²) in [4.78, 5) is 10.4. The molecule has 0 spiro atoms. The summed E-state index contributed by atoms with van der Waals surface area (Å²) in [6.07, 6.45) is 4.17. The Balaban J connectivity index is 2.04. The average molecular weight is 391 g/mol. The van der Waals surface area contributed by atoms with Gasteiger partial charge in [-0.05, 0) is 52.7 Å². The third kappa shape index (κ3) is 3.26. The van der Waals surface area contributed by atoms with Gasteiger partial charge < -0.3 is 4.98 Å². The molecule has 2 nitrogen and oxygen atoms in total. The van der Waals surface area contributed by atoms with Gasteiger partial charge in [0.05, 0.1) is 11.4 Å². The maximum absolute atomic E-state index is 4.60. The molecule has 3 rings (SSSR count). The summed E-state index contributed by atoms with van der Waals surface area (Å²) >= 11 is 6.95. The molecule has 2 aromatic carbocycles. The number of imidazole rings is 1. The molecule has 0 fully saturated rings. The molecule has 0 radical (unpaired) electrons. The van der Waals surface area contributed by atoms with Gasteiger partial charge in [-0.3, -0.25) is 0 Å². The van der Waals surface area contributed by atoms with E-state index in [2.05, 4.69) is 86.9 Å². The topological polar surface area (TPSA) is 28.7 Å². The van der Waals surface area contributed by atoms with E-state index in [1.54, 1.807) is 23.5 Å². The molecule has 5 heteroatoms. The van der Waals surface area contributed by atoms with Gasteiger partial charge in [-0.1, -0.05) is 24.3 Å². The second-order valence-corrected chi connectivity index (χ2v) is 7.22. The minimum Gasteiger partial charge on any atom is -0.332 e. The molecule has 0 aliphatic heterocycles. The minimum atomic E-state index is 0.750. The number of aromatic amines is 1. The van der Waals surface area contributed by atoms with E-state index in [9.17, 15) is 0 Å². The number of hydrogen-bond donors (Lipinski definition) is 1. The SMILES string of the molecule is CSc1ccc(-c2nc(Br)[nH]c2-c2ccc(SC)cc2)cc1. The fraction of sp³-hybridized carbons (Fsp3) is 0.118. The van der Waals surface area contributed by atoms with Crippen LogP contribution in [0.2, 0.25) is 0 Å². The molecule has 1 heterocycles. The van der Waals surface area contributed by atoms with Crippen LogP contribution in [0.1, 0.15) is 0 Å². The Hall–Kier alpha value is -1.17. The highest BCUT2D eigenvalue weighted by molar-refractivity contribution is 9.10. The zero-order valence-corrected chi connectivity index (χ0v) is 15.5. The van der Waals surface area contributed by atoms with Crippen molar-refractivity contribution in [2.75, 3.05) is 12.5 Å². The standard InChI is InChI=1S/C17H15BrN2S2/c1-21-13-7-3-11(4-8-13)15-16(20-17(18)19-15)12-5-9-14(22-2)10-6-12/h3-10H,1-2H3,(H,19,20). The van der Waals surface area contributed by atoms with Crippen molar-refractivity contribution in [2.45, 2.75) is 9.79 Å². The lowest BCUT2D eigenvalue weighted by Gasteiger charge is -2.05. The van der Waals surface area contributed by atoms with Crippen LogP contribution in [0.25, 0.3) is 22.5 Å². The van der Waals surface area contributed by atoms with E-state index in [0.29, 0.717) is 0 Å². The lowest BCUT2D eigenvalue weighted by molar-refractivity contribution is 1.24. The summed E-state index contributed by atoms with van der Waals surface area (Å²) in [5, 5.41) is 0. The Morgan fingerprint density at radius 2 is 1.32 bits per heavy atom. The normalized spacial score (nSPS) is 10.9.